The quantitative estimate of drug-likeness (QED) is 0.774. The third kappa shape index (κ3) is 2.26. The van der Waals surface area contributed by atoms with Crippen LogP contribution in [0.2, 0.25) is 0 Å². The first-order valence-electron chi connectivity index (χ1n) is 6.28. The van der Waals surface area contributed by atoms with Gasteiger partial charge in [-0.05, 0) is 6.92 Å². The summed E-state index contributed by atoms with van der Waals surface area (Å²) < 4.78 is 7.52. The third-order valence-electron chi connectivity index (χ3n) is 3.31. The molecule has 2 aromatic heterocycles. The number of hydrogen-bond donors (Lipinski definition) is 0. The minimum atomic E-state index is 0.0344. The van der Waals surface area contributed by atoms with Crippen LogP contribution < -0.4 is 4.90 Å². The molecule has 6 nitrogen and oxygen atoms in total. The number of halogens is 1. The van der Waals surface area contributed by atoms with E-state index in [-0.39, 0.29) is 12.2 Å². The Morgan fingerprint density at radius 3 is 3.05 bits per heavy atom. The molecular formula is C12H16ClN5O. The van der Waals surface area contributed by atoms with Crippen LogP contribution in [0.15, 0.2) is 12.5 Å². The fourth-order valence-corrected chi connectivity index (χ4v) is 2.68. The summed E-state index contributed by atoms with van der Waals surface area (Å²) in [6, 6.07) is 0. The predicted molar refractivity (Wildman–Crippen MR) is 73.6 cm³/mol. The van der Waals surface area contributed by atoms with E-state index in [0.29, 0.717) is 5.88 Å². The molecule has 2 atom stereocenters. The SMILES string of the molecule is CC1CN(c2ncnc3c2cnn3C)CC(CCl)O1. The van der Waals surface area contributed by atoms with Crippen molar-refractivity contribution in [2.24, 2.45) is 7.05 Å². The van der Waals surface area contributed by atoms with Gasteiger partial charge in [-0.3, -0.25) is 4.68 Å². The third-order valence-corrected chi connectivity index (χ3v) is 3.65. The minimum Gasteiger partial charge on any atom is -0.370 e. The van der Waals surface area contributed by atoms with Gasteiger partial charge in [0.2, 0.25) is 0 Å². The topological polar surface area (TPSA) is 56.1 Å². The number of aromatic nitrogens is 4. The molecule has 0 aromatic carbocycles. The van der Waals surface area contributed by atoms with E-state index in [1.807, 2.05) is 14.0 Å². The van der Waals surface area contributed by atoms with Crippen LogP contribution in [0, 0.1) is 0 Å². The molecule has 0 amide bonds. The molecule has 0 N–H and O–H groups in total. The fraction of sp³-hybridized carbons (Fsp3) is 0.583. The van der Waals surface area contributed by atoms with Gasteiger partial charge in [0, 0.05) is 20.1 Å². The largest absolute Gasteiger partial charge is 0.370 e. The molecule has 102 valence electrons. The molecule has 1 fully saturated rings. The highest BCUT2D eigenvalue weighted by Gasteiger charge is 2.27. The van der Waals surface area contributed by atoms with Crippen LogP contribution in [-0.2, 0) is 11.8 Å². The van der Waals surface area contributed by atoms with Crippen molar-refractivity contribution in [2.45, 2.75) is 19.1 Å². The Hall–Kier alpha value is -1.40. The highest BCUT2D eigenvalue weighted by Crippen LogP contribution is 2.25. The highest BCUT2D eigenvalue weighted by molar-refractivity contribution is 6.18. The molecule has 3 heterocycles. The van der Waals surface area contributed by atoms with Gasteiger partial charge in [-0.25, -0.2) is 9.97 Å². The zero-order valence-electron chi connectivity index (χ0n) is 11.0. The van der Waals surface area contributed by atoms with Crippen LogP contribution in [-0.4, -0.2) is 50.9 Å². The summed E-state index contributed by atoms with van der Waals surface area (Å²) in [6.07, 6.45) is 3.56. The maximum Gasteiger partial charge on any atom is 0.163 e. The Bertz CT molecular complexity index is 587. The molecular weight excluding hydrogens is 266 g/mol. The summed E-state index contributed by atoms with van der Waals surface area (Å²) in [7, 11) is 1.88. The van der Waals surface area contributed by atoms with Gasteiger partial charge in [-0.1, -0.05) is 0 Å². The molecule has 2 unspecified atom stereocenters. The maximum absolute atomic E-state index is 5.92. The van der Waals surface area contributed by atoms with Gasteiger partial charge in [0.05, 0.1) is 29.7 Å². The van der Waals surface area contributed by atoms with Crippen LogP contribution in [0.1, 0.15) is 6.92 Å². The Balaban J connectivity index is 1.99. The lowest BCUT2D eigenvalue weighted by Crippen LogP contribution is -2.47. The second-order valence-corrected chi connectivity index (χ2v) is 5.14. The van der Waals surface area contributed by atoms with Gasteiger partial charge >= 0.3 is 0 Å². The predicted octanol–water partition coefficient (Wildman–Crippen LogP) is 1.20. The van der Waals surface area contributed by atoms with Crippen molar-refractivity contribution in [1.82, 2.24) is 19.7 Å². The summed E-state index contributed by atoms with van der Waals surface area (Å²) in [5, 5.41) is 5.20. The molecule has 0 spiro atoms. The van der Waals surface area contributed by atoms with E-state index in [1.165, 1.54) is 0 Å². The van der Waals surface area contributed by atoms with E-state index in [9.17, 15) is 0 Å². The molecule has 7 heteroatoms. The molecule has 0 aliphatic carbocycles. The molecule has 1 aliphatic heterocycles. The molecule has 1 saturated heterocycles. The lowest BCUT2D eigenvalue weighted by Gasteiger charge is -2.36. The van der Waals surface area contributed by atoms with Gasteiger partial charge < -0.3 is 9.64 Å². The lowest BCUT2D eigenvalue weighted by atomic mass is 10.2. The smallest absolute Gasteiger partial charge is 0.163 e. The van der Waals surface area contributed by atoms with Crippen molar-refractivity contribution >= 4 is 28.5 Å². The van der Waals surface area contributed by atoms with Gasteiger partial charge in [-0.15, -0.1) is 11.6 Å². The van der Waals surface area contributed by atoms with Crippen LogP contribution in [0.4, 0.5) is 5.82 Å². The first kappa shape index (κ1) is 12.6. The summed E-state index contributed by atoms with van der Waals surface area (Å²) in [5.41, 5.74) is 0.839. The van der Waals surface area contributed by atoms with Crippen molar-refractivity contribution < 1.29 is 4.74 Å². The average Bonchev–Trinajstić information content (AvgIpc) is 2.80. The summed E-state index contributed by atoms with van der Waals surface area (Å²) in [5.74, 6) is 1.39. The van der Waals surface area contributed by atoms with Crippen molar-refractivity contribution in [1.29, 1.82) is 0 Å². The molecule has 0 radical (unpaired) electrons. The molecule has 0 saturated carbocycles. The van der Waals surface area contributed by atoms with E-state index >= 15 is 0 Å². The molecule has 3 rings (SSSR count). The van der Waals surface area contributed by atoms with E-state index in [4.69, 9.17) is 16.3 Å². The van der Waals surface area contributed by atoms with E-state index < -0.39 is 0 Å². The molecule has 1 aliphatic rings. The lowest BCUT2D eigenvalue weighted by molar-refractivity contribution is -0.00348. The van der Waals surface area contributed by atoms with Crippen molar-refractivity contribution in [2.75, 3.05) is 23.9 Å². The van der Waals surface area contributed by atoms with E-state index in [2.05, 4.69) is 20.0 Å². The molecule has 19 heavy (non-hydrogen) atoms. The number of nitrogens with zero attached hydrogens (tertiary/aromatic N) is 5. The Morgan fingerprint density at radius 2 is 2.26 bits per heavy atom. The Kier molecular flexibility index (Phi) is 3.28. The average molecular weight is 282 g/mol. The van der Waals surface area contributed by atoms with Gasteiger partial charge in [0.25, 0.3) is 0 Å². The van der Waals surface area contributed by atoms with Crippen LogP contribution in [0.25, 0.3) is 11.0 Å². The number of ether oxygens (including phenoxy) is 1. The Labute approximate surface area is 116 Å². The van der Waals surface area contributed by atoms with E-state index in [0.717, 1.165) is 29.9 Å². The van der Waals surface area contributed by atoms with Gasteiger partial charge in [-0.2, -0.15) is 5.10 Å². The number of anilines is 1. The van der Waals surface area contributed by atoms with Crippen LogP contribution in [0.3, 0.4) is 0 Å². The van der Waals surface area contributed by atoms with Crippen molar-refractivity contribution in [3.63, 3.8) is 0 Å². The zero-order valence-corrected chi connectivity index (χ0v) is 11.7. The number of rotatable bonds is 2. The fourth-order valence-electron chi connectivity index (χ4n) is 2.51. The summed E-state index contributed by atoms with van der Waals surface area (Å²) in [6.45, 7) is 3.59. The van der Waals surface area contributed by atoms with Gasteiger partial charge in [0.1, 0.15) is 12.1 Å². The summed E-state index contributed by atoms with van der Waals surface area (Å²) in [4.78, 5) is 10.9. The van der Waals surface area contributed by atoms with E-state index in [1.54, 1.807) is 17.2 Å². The van der Waals surface area contributed by atoms with Crippen molar-refractivity contribution in [3.05, 3.63) is 12.5 Å². The van der Waals surface area contributed by atoms with Crippen LogP contribution >= 0.6 is 11.6 Å². The monoisotopic (exact) mass is 281 g/mol. The number of hydrogen-bond acceptors (Lipinski definition) is 5. The first-order valence-corrected chi connectivity index (χ1v) is 6.81. The summed E-state index contributed by atoms with van der Waals surface area (Å²) >= 11 is 5.92. The number of fused-ring (bicyclic) bond motifs is 1. The molecule has 2 aromatic rings. The van der Waals surface area contributed by atoms with Gasteiger partial charge in [0.15, 0.2) is 5.65 Å². The van der Waals surface area contributed by atoms with Crippen molar-refractivity contribution in [3.8, 4) is 0 Å². The minimum absolute atomic E-state index is 0.0344. The van der Waals surface area contributed by atoms with Crippen LogP contribution in [0.5, 0.6) is 0 Å². The highest BCUT2D eigenvalue weighted by atomic mass is 35.5. The number of morpholine rings is 1. The number of aryl methyl sites for hydroxylation is 1. The Morgan fingerprint density at radius 1 is 1.42 bits per heavy atom. The second kappa shape index (κ2) is 4.94. The standard InChI is InChI=1S/C12H16ClN5O/c1-8-5-18(6-9(3-13)19-8)12-10-4-16-17(2)11(10)14-7-15-12/h4,7-9H,3,5-6H2,1-2H3. The molecule has 0 bridgehead atoms. The number of alkyl halides is 1. The normalized spacial score (nSPS) is 24.1. The first-order chi connectivity index (χ1) is 9.19. The zero-order chi connectivity index (χ0) is 13.4. The second-order valence-electron chi connectivity index (χ2n) is 4.83. The maximum atomic E-state index is 5.92.